The van der Waals surface area contributed by atoms with Crippen LogP contribution in [0.2, 0.25) is 0 Å². The molecule has 0 aliphatic rings. The first-order chi connectivity index (χ1) is 8.54. The molecule has 1 aromatic rings. The molecule has 0 bridgehead atoms. The molecule has 1 unspecified atom stereocenters. The first-order valence-electron chi connectivity index (χ1n) is 6.98. The third-order valence-electron chi connectivity index (χ3n) is 3.84. The standard InChI is InChI=1S/C16H27NO/c1-6-12(7-2)16(17)14-10-13(11(3)4)8-9-15(14)18-5/h8-12,16H,6-7,17H2,1-5H3. The summed E-state index contributed by atoms with van der Waals surface area (Å²) < 4.78 is 5.46. The van der Waals surface area contributed by atoms with Crippen molar-refractivity contribution in [3.63, 3.8) is 0 Å². The highest BCUT2D eigenvalue weighted by Gasteiger charge is 2.20. The molecular weight excluding hydrogens is 222 g/mol. The molecule has 2 N–H and O–H groups in total. The van der Waals surface area contributed by atoms with Gasteiger partial charge in [-0.3, -0.25) is 0 Å². The van der Waals surface area contributed by atoms with Gasteiger partial charge in [0.1, 0.15) is 5.75 Å². The van der Waals surface area contributed by atoms with Gasteiger partial charge in [-0.2, -0.15) is 0 Å². The van der Waals surface area contributed by atoms with Crippen LogP contribution in [-0.2, 0) is 0 Å². The van der Waals surface area contributed by atoms with Crippen LogP contribution in [0.5, 0.6) is 5.75 Å². The molecule has 0 aromatic heterocycles. The van der Waals surface area contributed by atoms with Crippen molar-refractivity contribution < 1.29 is 4.74 Å². The van der Waals surface area contributed by atoms with Crippen molar-refractivity contribution in [2.75, 3.05) is 7.11 Å². The SMILES string of the molecule is CCC(CC)C(N)c1cc(C(C)C)ccc1OC. The minimum absolute atomic E-state index is 0.0636. The first-order valence-corrected chi connectivity index (χ1v) is 6.98. The smallest absolute Gasteiger partial charge is 0.123 e. The van der Waals surface area contributed by atoms with E-state index >= 15 is 0 Å². The fourth-order valence-electron chi connectivity index (χ4n) is 2.42. The zero-order valence-corrected chi connectivity index (χ0v) is 12.4. The van der Waals surface area contributed by atoms with Gasteiger partial charge in [-0.05, 0) is 23.5 Å². The summed E-state index contributed by atoms with van der Waals surface area (Å²) in [6.45, 7) is 8.81. The highest BCUT2D eigenvalue weighted by Crippen LogP contribution is 2.33. The Hall–Kier alpha value is -1.02. The van der Waals surface area contributed by atoms with Gasteiger partial charge < -0.3 is 10.5 Å². The second-order valence-electron chi connectivity index (χ2n) is 5.26. The Morgan fingerprint density at radius 3 is 2.22 bits per heavy atom. The summed E-state index contributed by atoms with van der Waals surface area (Å²) in [6.07, 6.45) is 2.21. The van der Waals surface area contributed by atoms with E-state index in [1.807, 2.05) is 6.07 Å². The third-order valence-corrected chi connectivity index (χ3v) is 3.84. The van der Waals surface area contributed by atoms with Crippen molar-refractivity contribution in [2.24, 2.45) is 11.7 Å². The molecule has 0 saturated heterocycles. The van der Waals surface area contributed by atoms with E-state index in [2.05, 4.69) is 39.8 Å². The molecule has 0 heterocycles. The lowest BCUT2D eigenvalue weighted by atomic mass is 9.87. The van der Waals surface area contributed by atoms with Crippen LogP contribution in [0.4, 0.5) is 0 Å². The first kappa shape index (κ1) is 15.0. The van der Waals surface area contributed by atoms with Crippen molar-refractivity contribution >= 4 is 0 Å². The third kappa shape index (κ3) is 3.26. The highest BCUT2D eigenvalue weighted by molar-refractivity contribution is 5.40. The normalized spacial score (nSPS) is 13.1. The van der Waals surface area contributed by atoms with Gasteiger partial charge in [0.15, 0.2) is 0 Å². The van der Waals surface area contributed by atoms with Crippen LogP contribution >= 0.6 is 0 Å². The van der Waals surface area contributed by atoms with Crippen molar-refractivity contribution in [2.45, 2.75) is 52.5 Å². The maximum atomic E-state index is 6.43. The Labute approximate surface area is 112 Å². The lowest BCUT2D eigenvalue weighted by Gasteiger charge is -2.24. The van der Waals surface area contributed by atoms with Gasteiger partial charge in [0.05, 0.1) is 7.11 Å². The van der Waals surface area contributed by atoms with Gasteiger partial charge in [0, 0.05) is 11.6 Å². The van der Waals surface area contributed by atoms with Gasteiger partial charge in [-0.25, -0.2) is 0 Å². The molecule has 0 aliphatic carbocycles. The maximum absolute atomic E-state index is 6.43. The Morgan fingerprint density at radius 1 is 1.17 bits per heavy atom. The number of hydrogen-bond acceptors (Lipinski definition) is 2. The van der Waals surface area contributed by atoms with E-state index in [-0.39, 0.29) is 6.04 Å². The van der Waals surface area contributed by atoms with Gasteiger partial charge in [-0.15, -0.1) is 0 Å². The molecule has 2 heteroatoms. The Kier molecular flexibility index (Phi) is 5.67. The summed E-state index contributed by atoms with van der Waals surface area (Å²) in [6, 6.07) is 6.46. The Morgan fingerprint density at radius 2 is 1.78 bits per heavy atom. The minimum atomic E-state index is 0.0636. The predicted octanol–water partition coefficient (Wildman–Crippen LogP) is 4.25. The van der Waals surface area contributed by atoms with E-state index in [4.69, 9.17) is 10.5 Å². The average Bonchev–Trinajstić information content (AvgIpc) is 2.39. The summed E-state index contributed by atoms with van der Waals surface area (Å²) in [5.41, 5.74) is 8.90. The van der Waals surface area contributed by atoms with Crippen LogP contribution in [0.25, 0.3) is 0 Å². The van der Waals surface area contributed by atoms with Crippen LogP contribution in [0.3, 0.4) is 0 Å². The second-order valence-corrected chi connectivity index (χ2v) is 5.26. The van der Waals surface area contributed by atoms with Gasteiger partial charge in [0.2, 0.25) is 0 Å². The summed E-state index contributed by atoms with van der Waals surface area (Å²) in [5, 5.41) is 0. The van der Waals surface area contributed by atoms with Crippen LogP contribution < -0.4 is 10.5 Å². The summed E-state index contributed by atoms with van der Waals surface area (Å²) in [7, 11) is 1.72. The molecule has 1 atom stereocenters. The van der Waals surface area contributed by atoms with E-state index in [0.29, 0.717) is 11.8 Å². The van der Waals surface area contributed by atoms with Crippen LogP contribution in [0.1, 0.15) is 63.6 Å². The average molecular weight is 249 g/mol. The number of rotatable bonds is 6. The minimum Gasteiger partial charge on any atom is -0.496 e. The van der Waals surface area contributed by atoms with Crippen molar-refractivity contribution in [1.82, 2.24) is 0 Å². The van der Waals surface area contributed by atoms with E-state index in [0.717, 1.165) is 24.2 Å². The molecule has 1 rings (SSSR count). The topological polar surface area (TPSA) is 35.2 Å². The van der Waals surface area contributed by atoms with E-state index in [9.17, 15) is 0 Å². The highest BCUT2D eigenvalue weighted by atomic mass is 16.5. The summed E-state index contributed by atoms with van der Waals surface area (Å²) in [5.74, 6) is 1.95. The number of benzene rings is 1. The molecule has 0 fully saturated rings. The molecule has 1 aromatic carbocycles. The predicted molar refractivity (Wildman–Crippen MR) is 78.1 cm³/mol. The molecule has 0 saturated carbocycles. The number of ether oxygens (including phenoxy) is 1. The lowest BCUT2D eigenvalue weighted by Crippen LogP contribution is -2.21. The molecule has 102 valence electrons. The Bertz CT molecular complexity index is 369. The zero-order valence-electron chi connectivity index (χ0n) is 12.4. The molecule has 0 aliphatic heterocycles. The zero-order chi connectivity index (χ0) is 13.7. The number of nitrogens with two attached hydrogens (primary N) is 1. The summed E-state index contributed by atoms with van der Waals surface area (Å²) in [4.78, 5) is 0. The van der Waals surface area contributed by atoms with Crippen LogP contribution in [0.15, 0.2) is 18.2 Å². The van der Waals surface area contributed by atoms with Gasteiger partial charge in [0.25, 0.3) is 0 Å². The summed E-state index contributed by atoms with van der Waals surface area (Å²) >= 11 is 0. The van der Waals surface area contributed by atoms with Crippen molar-refractivity contribution in [1.29, 1.82) is 0 Å². The molecular formula is C16H27NO. The molecule has 0 spiro atoms. The second kappa shape index (κ2) is 6.79. The maximum Gasteiger partial charge on any atom is 0.123 e. The fraction of sp³-hybridized carbons (Fsp3) is 0.625. The molecule has 0 amide bonds. The van der Waals surface area contributed by atoms with E-state index < -0.39 is 0 Å². The lowest BCUT2D eigenvalue weighted by molar-refractivity contribution is 0.371. The van der Waals surface area contributed by atoms with Gasteiger partial charge >= 0.3 is 0 Å². The monoisotopic (exact) mass is 249 g/mol. The molecule has 18 heavy (non-hydrogen) atoms. The fourth-order valence-corrected chi connectivity index (χ4v) is 2.42. The van der Waals surface area contributed by atoms with Crippen LogP contribution in [0, 0.1) is 5.92 Å². The van der Waals surface area contributed by atoms with Crippen LogP contribution in [-0.4, -0.2) is 7.11 Å². The van der Waals surface area contributed by atoms with Crippen molar-refractivity contribution in [3.05, 3.63) is 29.3 Å². The van der Waals surface area contributed by atoms with Gasteiger partial charge in [-0.1, -0.05) is 52.7 Å². The number of methoxy groups -OCH3 is 1. The number of hydrogen-bond donors (Lipinski definition) is 1. The van der Waals surface area contributed by atoms with Crippen molar-refractivity contribution in [3.8, 4) is 5.75 Å². The van der Waals surface area contributed by atoms with E-state index in [1.54, 1.807) is 7.11 Å². The largest absolute Gasteiger partial charge is 0.496 e. The Balaban J connectivity index is 3.14. The quantitative estimate of drug-likeness (QED) is 0.817. The van der Waals surface area contributed by atoms with E-state index in [1.165, 1.54) is 5.56 Å². The molecule has 0 radical (unpaired) electrons. The molecule has 2 nitrogen and oxygen atoms in total.